The van der Waals surface area contributed by atoms with E-state index < -0.39 is 18.5 Å². The predicted octanol–water partition coefficient (Wildman–Crippen LogP) is 5.10. The van der Waals surface area contributed by atoms with Crippen molar-refractivity contribution in [3.63, 3.8) is 0 Å². The number of esters is 1. The van der Waals surface area contributed by atoms with Crippen LogP contribution in [0.25, 0.3) is 0 Å². The largest absolute Gasteiger partial charge is 0.452 e. The van der Waals surface area contributed by atoms with E-state index in [0.29, 0.717) is 22.7 Å². The molecule has 0 aromatic heterocycles. The first-order valence-electron chi connectivity index (χ1n) is 10.9. The van der Waals surface area contributed by atoms with Crippen molar-refractivity contribution in [2.24, 2.45) is 0 Å². The van der Waals surface area contributed by atoms with Gasteiger partial charge in [-0.1, -0.05) is 68.4 Å². The van der Waals surface area contributed by atoms with Crippen LogP contribution in [0, 0.1) is 0 Å². The topological polar surface area (TPSA) is 84.5 Å². The Morgan fingerprint density at radius 2 is 1.42 bits per heavy atom. The van der Waals surface area contributed by atoms with E-state index in [-0.39, 0.29) is 11.9 Å². The quantitative estimate of drug-likeness (QED) is 0.474. The maximum atomic E-state index is 12.8. The van der Waals surface area contributed by atoms with E-state index in [2.05, 4.69) is 24.5 Å². The summed E-state index contributed by atoms with van der Waals surface area (Å²) < 4.78 is 5.13. The number of ether oxygens (including phenoxy) is 1. The molecule has 0 radical (unpaired) electrons. The standard InChI is InChI=1S/C27H28N2O4/c1-18(2)20-13-15-22(16-14-20)27(32)33-17-25(30)29-24-12-8-7-11-23(24)26(31)28-19(3)21-9-5-4-6-10-21/h4-16,18-19H,17H2,1-3H3,(H,28,31)(H,29,30). The Hall–Kier alpha value is -3.93. The first kappa shape index (κ1) is 23.7. The van der Waals surface area contributed by atoms with Crippen LogP contribution in [0.15, 0.2) is 78.9 Å². The third kappa shape index (κ3) is 6.53. The van der Waals surface area contributed by atoms with Crippen LogP contribution in [-0.2, 0) is 9.53 Å². The fraction of sp³-hybridized carbons (Fsp3) is 0.222. The van der Waals surface area contributed by atoms with Gasteiger partial charge in [-0.05, 0) is 48.2 Å². The number of hydrogen-bond donors (Lipinski definition) is 2. The third-order valence-electron chi connectivity index (χ3n) is 5.24. The lowest BCUT2D eigenvalue weighted by atomic mass is 10.0. The molecule has 2 amide bonds. The SMILES string of the molecule is CC(C)c1ccc(C(=O)OCC(=O)Nc2ccccc2C(=O)NC(C)c2ccccc2)cc1. The molecular formula is C27H28N2O4. The van der Waals surface area contributed by atoms with Gasteiger partial charge in [0.25, 0.3) is 11.8 Å². The van der Waals surface area contributed by atoms with Gasteiger partial charge in [-0.15, -0.1) is 0 Å². The van der Waals surface area contributed by atoms with Crippen molar-refractivity contribution in [1.29, 1.82) is 0 Å². The van der Waals surface area contributed by atoms with E-state index in [1.54, 1.807) is 36.4 Å². The summed E-state index contributed by atoms with van der Waals surface area (Å²) in [5.41, 5.74) is 3.13. The molecule has 0 fully saturated rings. The van der Waals surface area contributed by atoms with Crippen LogP contribution in [0.2, 0.25) is 0 Å². The lowest BCUT2D eigenvalue weighted by molar-refractivity contribution is -0.119. The molecule has 3 rings (SSSR count). The monoisotopic (exact) mass is 444 g/mol. The van der Waals surface area contributed by atoms with Crippen LogP contribution in [-0.4, -0.2) is 24.4 Å². The van der Waals surface area contributed by atoms with Gasteiger partial charge >= 0.3 is 5.97 Å². The molecule has 0 aliphatic rings. The smallest absolute Gasteiger partial charge is 0.338 e. The van der Waals surface area contributed by atoms with Crippen molar-refractivity contribution in [2.75, 3.05) is 11.9 Å². The summed E-state index contributed by atoms with van der Waals surface area (Å²) in [7, 11) is 0. The highest BCUT2D eigenvalue weighted by atomic mass is 16.5. The van der Waals surface area contributed by atoms with Crippen LogP contribution in [0.5, 0.6) is 0 Å². The Bertz CT molecular complexity index is 1110. The predicted molar refractivity (Wildman–Crippen MR) is 128 cm³/mol. The van der Waals surface area contributed by atoms with Gasteiger partial charge in [0.05, 0.1) is 22.9 Å². The number of rotatable bonds is 8. The molecule has 170 valence electrons. The summed E-state index contributed by atoms with van der Waals surface area (Å²) in [6, 6.07) is 23.2. The third-order valence-corrected chi connectivity index (χ3v) is 5.24. The fourth-order valence-corrected chi connectivity index (χ4v) is 3.29. The molecule has 0 saturated carbocycles. The summed E-state index contributed by atoms with van der Waals surface area (Å²) >= 11 is 0. The highest BCUT2D eigenvalue weighted by Gasteiger charge is 2.17. The van der Waals surface area contributed by atoms with Crippen molar-refractivity contribution < 1.29 is 19.1 Å². The average Bonchev–Trinajstić information content (AvgIpc) is 2.83. The van der Waals surface area contributed by atoms with Gasteiger partial charge < -0.3 is 15.4 Å². The summed E-state index contributed by atoms with van der Waals surface area (Å²) in [6.07, 6.45) is 0. The molecule has 3 aromatic rings. The summed E-state index contributed by atoms with van der Waals surface area (Å²) in [4.78, 5) is 37.4. The average molecular weight is 445 g/mol. The Kier molecular flexibility index (Phi) is 7.97. The number of nitrogens with one attached hydrogen (secondary N) is 2. The Morgan fingerprint density at radius 1 is 0.788 bits per heavy atom. The van der Waals surface area contributed by atoms with E-state index >= 15 is 0 Å². The maximum Gasteiger partial charge on any atom is 0.338 e. The van der Waals surface area contributed by atoms with Crippen LogP contribution < -0.4 is 10.6 Å². The molecule has 0 heterocycles. The summed E-state index contributed by atoms with van der Waals surface area (Å²) in [6.45, 7) is 5.57. The van der Waals surface area contributed by atoms with Gasteiger partial charge in [0.15, 0.2) is 6.61 Å². The highest BCUT2D eigenvalue weighted by Crippen LogP contribution is 2.18. The van der Waals surface area contributed by atoms with Gasteiger partial charge in [-0.3, -0.25) is 9.59 Å². The Morgan fingerprint density at radius 3 is 2.09 bits per heavy atom. The van der Waals surface area contributed by atoms with Gasteiger partial charge in [-0.2, -0.15) is 0 Å². The fourth-order valence-electron chi connectivity index (χ4n) is 3.29. The second-order valence-corrected chi connectivity index (χ2v) is 8.05. The van der Waals surface area contributed by atoms with E-state index in [0.717, 1.165) is 11.1 Å². The second-order valence-electron chi connectivity index (χ2n) is 8.05. The number of anilines is 1. The molecule has 6 heteroatoms. The summed E-state index contributed by atoms with van der Waals surface area (Å²) in [5.74, 6) is -1.07. The number of carbonyl (C=O) groups is 3. The molecule has 0 bridgehead atoms. The van der Waals surface area contributed by atoms with E-state index in [1.807, 2.05) is 49.4 Å². The number of amides is 2. The molecule has 0 aliphatic carbocycles. The van der Waals surface area contributed by atoms with Gasteiger partial charge in [0.1, 0.15) is 0 Å². The first-order chi connectivity index (χ1) is 15.8. The van der Waals surface area contributed by atoms with Crippen molar-refractivity contribution in [2.45, 2.75) is 32.7 Å². The second kappa shape index (κ2) is 11.1. The van der Waals surface area contributed by atoms with Crippen LogP contribution in [0.3, 0.4) is 0 Å². The Labute approximate surface area is 194 Å². The molecule has 2 N–H and O–H groups in total. The van der Waals surface area contributed by atoms with Gasteiger partial charge in [0.2, 0.25) is 0 Å². The lowest BCUT2D eigenvalue weighted by Gasteiger charge is -2.16. The molecule has 33 heavy (non-hydrogen) atoms. The molecule has 1 atom stereocenters. The van der Waals surface area contributed by atoms with E-state index in [9.17, 15) is 14.4 Å². The molecule has 6 nitrogen and oxygen atoms in total. The number of benzene rings is 3. The lowest BCUT2D eigenvalue weighted by Crippen LogP contribution is -2.28. The zero-order valence-corrected chi connectivity index (χ0v) is 19.0. The minimum absolute atomic E-state index is 0.203. The van der Waals surface area contributed by atoms with Crippen molar-refractivity contribution in [1.82, 2.24) is 5.32 Å². The molecule has 0 spiro atoms. The molecule has 0 aliphatic heterocycles. The van der Waals surface area contributed by atoms with Crippen LogP contribution >= 0.6 is 0 Å². The zero-order chi connectivity index (χ0) is 23.8. The van der Waals surface area contributed by atoms with E-state index in [4.69, 9.17) is 4.74 Å². The van der Waals surface area contributed by atoms with Crippen molar-refractivity contribution >= 4 is 23.5 Å². The number of para-hydroxylation sites is 1. The first-order valence-corrected chi connectivity index (χ1v) is 10.9. The minimum Gasteiger partial charge on any atom is -0.452 e. The van der Waals surface area contributed by atoms with Gasteiger partial charge in [-0.25, -0.2) is 4.79 Å². The summed E-state index contributed by atoms with van der Waals surface area (Å²) in [5, 5.41) is 5.59. The Balaban J connectivity index is 1.59. The van der Waals surface area contributed by atoms with Crippen LogP contribution in [0.1, 0.15) is 64.6 Å². The minimum atomic E-state index is -0.580. The molecule has 3 aromatic carbocycles. The van der Waals surface area contributed by atoms with E-state index in [1.165, 1.54) is 0 Å². The van der Waals surface area contributed by atoms with Crippen molar-refractivity contribution in [3.8, 4) is 0 Å². The highest BCUT2D eigenvalue weighted by molar-refractivity contribution is 6.04. The number of carbonyl (C=O) groups excluding carboxylic acids is 3. The van der Waals surface area contributed by atoms with Crippen molar-refractivity contribution in [3.05, 3.63) is 101 Å². The molecule has 1 unspecified atom stereocenters. The molecular weight excluding hydrogens is 416 g/mol. The maximum absolute atomic E-state index is 12.8. The van der Waals surface area contributed by atoms with Crippen LogP contribution in [0.4, 0.5) is 5.69 Å². The molecule has 0 saturated heterocycles. The zero-order valence-electron chi connectivity index (χ0n) is 19.0. The normalized spacial score (nSPS) is 11.5. The number of hydrogen-bond acceptors (Lipinski definition) is 4. The van der Waals surface area contributed by atoms with Gasteiger partial charge in [0, 0.05) is 0 Å².